The van der Waals surface area contributed by atoms with Gasteiger partial charge >= 0.3 is 6.18 Å². The zero-order valence-corrected chi connectivity index (χ0v) is 17.0. The highest BCUT2D eigenvalue weighted by atomic mass is 32.2. The third-order valence-electron chi connectivity index (χ3n) is 4.48. The van der Waals surface area contributed by atoms with Gasteiger partial charge in [-0.25, -0.2) is 18.4 Å². The largest absolute Gasteiger partial charge is 0.433 e. The number of nitrogens with two attached hydrogens (primary N) is 1. The lowest BCUT2D eigenvalue weighted by Crippen LogP contribution is -2.12. The summed E-state index contributed by atoms with van der Waals surface area (Å²) >= 11 is 0. The van der Waals surface area contributed by atoms with Gasteiger partial charge in [-0.1, -0.05) is 6.92 Å². The number of nitrogen functional groups attached to an aromatic ring is 1. The first-order valence-electron chi connectivity index (χ1n) is 8.69. The number of carbonyl (C=O) groups excluding carboxylic acids is 1. The number of nitrogens with zero attached hydrogens (tertiary/aromatic N) is 3. The van der Waals surface area contributed by atoms with E-state index in [1.54, 1.807) is 0 Å². The Morgan fingerprint density at radius 1 is 1.27 bits per heavy atom. The molecule has 0 bridgehead atoms. The number of sulfone groups is 1. The van der Waals surface area contributed by atoms with Gasteiger partial charge in [0.25, 0.3) is 0 Å². The molecule has 0 atom stereocenters. The highest BCUT2D eigenvalue weighted by molar-refractivity contribution is 7.91. The Labute approximate surface area is 169 Å². The normalized spacial score (nSPS) is 12.3. The molecule has 3 rings (SSSR count). The van der Waals surface area contributed by atoms with Crippen molar-refractivity contribution in [3.05, 3.63) is 30.1 Å². The Hall–Kier alpha value is -3.15. The van der Waals surface area contributed by atoms with Gasteiger partial charge in [-0.2, -0.15) is 13.2 Å². The molecule has 30 heavy (non-hydrogen) atoms. The van der Waals surface area contributed by atoms with Gasteiger partial charge in [-0.15, -0.1) is 0 Å². The average Bonchev–Trinajstić information content (AvgIpc) is 2.98. The molecular formula is C18H18F3N5O3S. The minimum atomic E-state index is -4.65. The Morgan fingerprint density at radius 3 is 2.50 bits per heavy atom. The van der Waals surface area contributed by atoms with E-state index in [0.717, 1.165) is 12.3 Å². The fraction of sp³-hybridized carbons (Fsp3) is 0.278. The molecule has 0 fully saturated rings. The maximum atomic E-state index is 13.0. The van der Waals surface area contributed by atoms with Crippen LogP contribution in [-0.4, -0.2) is 34.6 Å². The highest BCUT2D eigenvalue weighted by Gasteiger charge is 2.33. The molecule has 0 aliphatic heterocycles. The van der Waals surface area contributed by atoms with Gasteiger partial charge in [0.1, 0.15) is 11.5 Å². The van der Waals surface area contributed by atoms with E-state index in [0.29, 0.717) is 0 Å². The van der Waals surface area contributed by atoms with E-state index < -0.39 is 27.6 Å². The molecule has 0 aliphatic carbocycles. The molecule has 8 nitrogen and oxygen atoms in total. The van der Waals surface area contributed by atoms with Gasteiger partial charge in [-0.3, -0.25) is 4.79 Å². The summed E-state index contributed by atoms with van der Waals surface area (Å²) in [6, 6.07) is 3.35. The van der Waals surface area contributed by atoms with Crippen molar-refractivity contribution in [1.29, 1.82) is 0 Å². The minimum Gasteiger partial charge on any atom is -0.397 e. The fourth-order valence-electron chi connectivity index (χ4n) is 2.97. The van der Waals surface area contributed by atoms with Crippen molar-refractivity contribution in [2.75, 3.05) is 16.8 Å². The molecule has 2 heterocycles. The van der Waals surface area contributed by atoms with Crippen LogP contribution in [0.5, 0.6) is 0 Å². The van der Waals surface area contributed by atoms with E-state index in [1.165, 1.54) is 37.6 Å². The monoisotopic (exact) mass is 441 g/mol. The number of hydrogen-bond acceptors (Lipinski definition) is 6. The van der Waals surface area contributed by atoms with Gasteiger partial charge in [0.15, 0.2) is 9.84 Å². The number of anilines is 2. The quantitative estimate of drug-likeness (QED) is 0.601. The van der Waals surface area contributed by atoms with Gasteiger partial charge in [0.2, 0.25) is 5.91 Å². The standard InChI is InChI=1S/C18H18F3N5O3S/c1-4-30(28,29)15-6-12(24-9(2)27)11(22)5-10(15)17-25-13-7-16(18(19,20)21)23-8-14(13)26(17)3/h5-8H,4,22H2,1-3H3,(H,24,27). The van der Waals surface area contributed by atoms with Crippen LogP contribution in [0.4, 0.5) is 24.5 Å². The highest BCUT2D eigenvalue weighted by Crippen LogP contribution is 2.36. The summed E-state index contributed by atoms with van der Waals surface area (Å²) in [5.74, 6) is -0.588. The van der Waals surface area contributed by atoms with Crippen molar-refractivity contribution in [3.63, 3.8) is 0 Å². The summed E-state index contributed by atoms with van der Waals surface area (Å²) in [7, 11) is -2.27. The molecule has 0 unspecified atom stereocenters. The molecule has 0 saturated heterocycles. The number of imidazole rings is 1. The third-order valence-corrected chi connectivity index (χ3v) is 6.24. The van der Waals surface area contributed by atoms with E-state index >= 15 is 0 Å². The Morgan fingerprint density at radius 2 is 1.93 bits per heavy atom. The molecular weight excluding hydrogens is 423 g/mol. The van der Waals surface area contributed by atoms with Crippen LogP contribution in [0.1, 0.15) is 19.5 Å². The van der Waals surface area contributed by atoms with E-state index in [2.05, 4.69) is 15.3 Å². The number of amides is 1. The predicted molar refractivity (Wildman–Crippen MR) is 105 cm³/mol. The first-order chi connectivity index (χ1) is 13.8. The van der Waals surface area contributed by atoms with Crippen LogP contribution >= 0.6 is 0 Å². The molecule has 3 aromatic rings. The topological polar surface area (TPSA) is 120 Å². The van der Waals surface area contributed by atoms with Crippen LogP contribution in [0.3, 0.4) is 0 Å². The van der Waals surface area contributed by atoms with Gasteiger partial charge < -0.3 is 15.6 Å². The summed E-state index contributed by atoms with van der Waals surface area (Å²) in [6.07, 6.45) is -3.62. The lowest BCUT2D eigenvalue weighted by Gasteiger charge is -2.14. The zero-order chi connectivity index (χ0) is 22.4. The average molecular weight is 441 g/mol. The number of pyridine rings is 1. The number of halogens is 3. The Balaban J connectivity index is 2.31. The molecule has 3 N–H and O–H groups in total. The lowest BCUT2D eigenvalue weighted by atomic mass is 10.1. The lowest BCUT2D eigenvalue weighted by molar-refractivity contribution is -0.141. The maximum Gasteiger partial charge on any atom is 0.433 e. The number of aryl methyl sites for hydroxylation is 1. The minimum absolute atomic E-state index is 0.000759. The zero-order valence-electron chi connectivity index (χ0n) is 16.2. The summed E-state index contributed by atoms with van der Waals surface area (Å²) in [4.78, 5) is 18.9. The Bertz CT molecular complexity index is 1270. The number of hydrogen-bond donors (Lipinski definition) is 2. The second kappa shape index (κ2) is 7.27. The van der Waals surface area contributed by atoms with Crippen LogP contribution in [-0.2, 0) is 27.9 Å². The van der Waals surface area contributed by atoms with Crippen LogP contribution in [0.15, 0.2) is 29.3 Å². The van der Waals surface area contributed by atoms with Crippen LogP contribution in [0.25, 0.3) is 22.4 Å². The van der Waals surface area contributed by atoms with Gasteiger partial charge in [0.05, 0.1) is 39.3 Å². The summed E-state index contributed by atoms with van der Waals surface area (Å²) in [5.41, 5.74) is 5.44. The van der Waals surface area contributed by atoms with Crippen molar-refractivity contribution >= 4 is 38.2 Å². The summed E-state index contributed by atoms with van der Waals surface area (Å²) in [5, 5.41) is 2.46. The fourth-order valence-corrected chi connectivity index (χ4v) is 4.06. The van der Waals surface area contributed by atoms with Crippen molar-refractivity contribution in [1.82, 2.24) is 14.5 Å². The number of nitrogens with one attached hydrogen (secondary N) is 1. The summed E-state index contributed by atoms with van der Waals surface area (Å²) < 4.78 is 65.8. The van der Waals surface area contributed by atoms with Crippen molar-refractivity contribution < 1.29 is 26.4 Å². The van der Waals surface area contributed by atoms with E-state index in [9.17, 15) is 26.4 Å². The van der Waals surface area contributed by atoms with E-state index in [-0.39, 0.29) is 44.4 Å². The van der Waals surface area contributed by atoms with Crippen LogP contribution in [0.2, 0.25) is 0 Å². The first-order valence-corrected chi connectivity index (χ1v) is 10.3. The van der Waals surface area contributed by atoms with Crippen molar-refractivity contribution in [3.8, 4) is 11.4 Å². The predicted octanol–water partition coefficient (Wildman–Crippen LogP) is 2.99. The number of fused-ring (bicyclic) bond motifs is 1. The number of alkyl halides is 3. The molecule has 1 amide bonds. The maximum absolute atomic E-state index is 13.0. The second-order valence-electron chi connectivity index (χ2n) is 6.57. The molecule has 12 heteroatoms. The molecule has 2 aromatic heterocycles. The Kier molecular flexibility index (Phi) is 5.23. The number of aromatic nitrogens is 3. The molecule has 0 spiro atoms. The number of carbonyl (C=O) groups is 1. The number of rotatable bonds is 4. The van der Waals surface area contributed by atoms with E-state index in [1.807, 2.05) is 0 Å². The molecule has 0 saturated carbocycles. The van der Waals surface area contributed by atoms with Crippen LogP contribution in [0, 0.1) is 0 Å². The molecule has 0 aliphatic rings. The molecule has 0 radical (unpaired) electrons. The van der Waals surface area contributed by atoms with Crippen molar-refractivity contribution in [2.24, 2.45) is 7.05 Å². The van der Waals surface area contributed by atoms with Crippen LogP contribution < -0.4 is 11.1 Å². The first kappa shape index (κ1) is 21.6. The molecule has 1 aromatic carbocycles. The third kappa shape index (κ3) is 3.82. The second-order valence-corrected chi connectivity index (χ2v) is 8.82. The van der Waals surface area contributed by atoms with E-state index in [4.69, 9.17) is 5.73 Å². The molecule has 160 valence electrons. The van der Waals surface area contributed by atoms with Crippen molar-refractivity contribution in [2.45, 2.75) is 24.9 Å². The summed E-state index contributed by atoms with van der Waals surface area (Å²) in [6.45, 7) is 2.69. The number of benzene rings is 1. The van der Waals surface area contributed by atoms with Gasteiger partial charge in [-0.05, 0) is 18.2 Å². The van der Waals surface area contributed by atoms with Gasteiger partial charge in [0, 0.05) is 19.5 Å². The smallest absolute Gasteiger partial charge is 0.397 e. The SMILES string of the molecule is CCS(=O)(=O)c1cc(NC(C)=O)c(N)cc1-c1nc2cc(C(F)(F)F)ncc2n1C.